The van der Waals surface area contributed by atoms with Crippen molar-refractivity contribution in [2.75, 3.05) is 11.1 Å². The number of halogens is 1. The Morgan fingerprint density at radius 3 is 2.95 bits per heavy atom. The lowest BCUT2D eigenvalue weighted by atomic mass is 10.0. The van der Waals surface area contributed by atoms with Crippen molar-refractivity contribution < 1.29 is 0 Å². The van der Waals surface area contributed by atoms with E-state index >= 15 is 0 Å². The Kier molecular flexibility index (Phi) is 4.00. The van der Waals surface area contributed by atoms with Gasteiger partial charge < -0.3 is 5.32 Å². The van der Waals surface area contributed by atoms with E-state index in [0.717, 1.165) is 22.3 Å². The maximum Gasteiger partial charge on any atom is 0.101 e. The summed E-state index contributed by atoms with van der Waals surface area (Å²) in [6, 6.07) is 16.7. The zero-order valence-electron chi connectivity index (χ0n) is 10.8. The average molecular weight is 345 g/mol. The third kappa shape index (κ3) is 2.70. The van der Waals surface area contributed by atoms with Gasteiger partial charge >= 0.3 is 0 Å². The molecular formula is C16H13BrN2S. The van der Waals surface area contributed by atoms with Gasteiger partial charge in [-0.15, -0.1) is 11.8 Å². The molecule has 2 aromatic carbocycles. The largest absolute Gasteiger partial charge is 0.377 e. The first kappa shape index (κ1) is 13.5. The summed E-state index contributed by atoms with van der Waals surface area (Å²) >= 11 is 5.37. The van der Waals surface area contributed by atoms with Crippen LogP contribution in [0.25, 0.3) is 0 Å². The Labute approximate surface area is 131 Å². The Morgan fingerprint density at radius 1 is 1.25 bits per heavy atom. The summed E-state index contributed by atoms with van der Waals surface area (Å²) in [4.78, 5) is 1.34. The van der Waals surface area contributed by atoms with Crippen LogP contribution in [0.1, 0.15) is 23.6 Å². The van der Waals surface area contributed by atoms with Crippen LogP contribution in [0.2, 0.25) is 0 Å². The van der Waals surface area contributed by atoms with Crippen molar-refractivity contribution in [3.8, 4) is 6.07 Å². The molecule has 2 aromatic rings. The van der Waals surface area contributed by atoms with Crippen LogP contribution in [0.15, 0.2) is 51.8 Å². The topological polar surface area (TPSA) is 35.8 Å². The molecule has 1 N–H and O–H groups in total. The number of hydrogen-bond acceptors (Lipinski definition) is 3. The molecule has 1 atom stereocenters. The van der Waals surface area contributed by atoms with E-state index in [9.17, 15) is 5.26 Å². The van der Waals surface area contributed by atoms with Crippen molar-refractivity contribution in [1.82, 2.24) is 0 Å². The summed E-state index contributed by atoms with van der Waals surface area (Å²) in [7, 11) is 0. The van der Waals surface area contributed by atoms with Crippen LogP contribution < -0.4 is 5.32 Å². The molecule has 4 heteroatoms. The molecule has 0 saturated carbocycles. The molecule has 0 spiro atoms. The minimum absolute atomic E-state index is 0.272. The molecule has 1 unspecified atom stereocenters. The van der Waals surface area contributed by atoms with Crippen LogP contribution in [0.4, 0.5) is 5.69 Å². The van der Waals surface area contributed by atoms with Gasteiger partial charge in [-0.3, -0.25) is 0 Å². The fourth-order valence-corrected chi connectivity index (χ4v) is 3.90. The van der Waals surface area contributed by atoms with Gasteiger partial charge in [0.25, 0.3) is 0 Å². The fraction of sp³-hybridized carbons (Fsp3) is 0.188. The van der Waals surface area contributed by atoms with Gasteiger partial charge in [0.2, 0.25) is 0 Å². The van der Waals surface area contributed by atoms with E-state index in [2.05, 4.69) is 51.6 Å². The molecule has 0 fully saturated rings. The first-order valence-corrected chi connectivity index (χ1v) is 8.23. The van der Waals surface area contributed by atoms with Gasteiger partial charge in [0.1, 0.15) is 6.07 Å². The van der Waals surface area contributed by atoms with E-state index in [4.69, 9.17) is 0 Å². The molecule has 20 heavy (non-hydrogen) atoms. The minimum Gasteiger partial charge on any atom is -0.377 e. The van der Waals surface area contributed by atoms with Crippen LogP contribution in [-0.2, 0) is 0 Å². The number of benzene rings is 2. The summed E-state index contributed by atoms with van der Waals surface area (Å²) < 4.78 is 0.984. The summed E-state index contributed by atoms with van der Waals surface area (Å²) in [6.07, 6.45) is 1.07. The van der Waals surface area contributed by atoms with Crippen molar-refractivity contribution in [3.05, 3.63) is 58.1 Å². The quantitative estimate of drug-likeness (QED) is 0.835. The first-order valence-electron chi connectivity index (χ1n) is 6.46. The molecule has 1 aliphatic rings. The third-order valence-corrected chi connectivity index (χ3v) is 5.01. The molecule has 0 aromatic heterocycles. The van der Waals surface area contributed by atoms with Crippen LogP contribution in [0, 0.1) is 11.3 Å². The van der Waals surface area contributed by atoms with Gasteiger partial charge in [-0.1, -0.05) is 34.1 Å². The molecule has 0 aliphatic carbocycles. The molecule has 1 aliphatic heterocycles. The Hall–Kier alpha value is -1.44. The van der Waals surface area contributed by atoms with E-state index < -0.39 is 0 Å². The number of fused-ring (bicyclic) bond motifs is 1. The van der Waals surface area contributed by atoms with Gasteiger partial charge in [-0.25, -0.2) is 0 Å². The highest BCUT2D eigenvalue weighted by Gasteiger charge is 2.20. The number of nitrogens with one attached hydrogen (secondary N) is 1. The highest BCUT2D eigenvalue weighted by atomic mass is 79.9. The number of nitrogens with zero attached hydrogens (tertiary/aromatic N) is 1. The smallest absolute Gasteiger partial charge is 0.101 e. The van der Waals surface area contributed by atoms with Crippen LogP contribution >= 0.6 is 27.7 Å². The second-order valence-corrected chi connectivity index (χ2v) is 6.73. The molecule has 1 heterocycles. The normalized spacial score (nSPS) is 17.1. The third-order valence-electron chi connectivity index (χ3n) is 3.39. The molecule has 0 bridgehead atoms. The van der Waals surface area contributed by atoms with Crippen LogP contribution in [0.3, 0.4) is 0 Å². The van der Waals surface area contributed by atoms with Crippen molar-refractivity contribution >= 4 is 33.4 Å². The average Bonchev–Trinajstić information content (AvgIpc) is 2.48. The number of nitriles is 1. The fourth-order valence-electron chi connectivity index (χ4n) is 2.41. The Morgan fingerprint density at radius 2 is 2.10 bits per heavy atom. The lowest BCUT2D eigenvalue weighted by Crippen LogP contribution is -2.16. The standard InChI is InChI=1S/C16H13BrN2S/c17-12-6-5-11(10-18)15(9-12)19-14-7-8-20-16-4-2-1-3-13(14)16/h1-6,9,14,19H,7-8H2. The van der Waals surface area contributed by atoms with Gasteiger partial charge in [0.05, 0.1) is 17.3 Å². The van der Waals surface area contributed by atoms with Crippen molar-refractivity contribution in [2.45, 2.75) is 17.4 Å². The van der Waals surface area contributed by atoms with Crippen LogP contribution in [0.5, 0.6) is 0 Å². The summed E-state index contributed by atoms with van der Waals surface area (Å²) in [5, 5.41) is 12.8. The van der Waals surface area contributed by atoms with Gasteiger partial charge in [-0.05, 0) is 36.2 Å². The molecular weight excluding hydrogens is 332 g/mol. The summed E-state index contributed by atoms with van der Waals surface area (Å²) in [6.45, 7) is 0. The van der Waals surface area contributed by atoms with E-state index in [-0.39, 0.29) is 6.04 Å². The van der Waals surface area contributed by atoms with Gasteiger partial charge in [-0.2, -0.15) is 5.26 Å². The van der Waals surface area contributed by atoms with E-state index in [1.54, 1.807) is 0 Å². The van der Waals surface area contributed by atoms with Gasteiger partial charge in [0, 0.05) is 15.1 Å². The lowest BCUT2D eigenvalue weighted by Gasteiger charge is -2.27. The predicted octanol–water partition coefficient (Wildman–Crippen LogP) is 4.97. The van der Waals surface area contributed by atoms with Crippen molar-refractivity contribution in [1.29, 1.82) is 5.26 Å². The zero-order valence-corrected chi connectivity index (χ0v) is 13.2. The van der Waals surface area contributed by atoms with Crippen molar-refractivity contribution in [2.24, 2.45) is 0 Å². The van der Waals surface area contributed by atoms with Gasteiger partial charge in [0.15, 0.2) is 0 Å². The number of anilines is 1. The van der Waals surface area contributed by atoms with E-state index in [1.807, 2.05) is 30.0 Å². The SMILES string of the molecule is N#Cc1ccc(Br)cc1NC1CCSc2ccccc21. The summed E-state index contributed by atoms with van der Waals surface area (Å²) in [5.74, 6) is 1.10. The molecule has 100 valence electrons. The highest BCUT2D eigenvalue weighted by molar-refractivity contribution is 9.10. The number of thioether (sulfide) groups is 1. The summed E-state index contributed by atoms with van der Waals surface area (Å²) in [5.41, 5.74) is 2.91. The number of rotatable bonds is 2. The predicted molar refractivity (Wildman–Crippen MR) is 87.0 cm³/mol. The molecule has 0 amide bonds. The second kappa shape index (κ2) is 5.90. The molecule has 0 saturated heterocycles. The Bertz CT molecular complexity index is 678. The van der Waals surface area contributed by atoms with Crippen molar-refractivity contribution in [3.63, 3.8) is 0 Å². The van der Waals surface area contributed by atoms with E-state index in [1.165, 1.54) is 10.5 Å². The second-order valence-electron chi connectivity index (χ2n) is 4.67. The minimum atomic E-state index is 0.272. The monoisotopic (exact) mass is 344 g/mol. The lowest BCUT2D eigenvalue weighted by molar-refractivity contribution is 0.728. The molecule has 2 nitrogen and oxygen atoms in total. The highest BCUT2D eigenvalue weighted by Crippen LogP contribution is 2.38. The maximum absolute atomic E-state index is 9.22. The Balaban J connectivity index is 1.93. The molecule has 3 rings (SSSR count). The van der Waals surface area contributed by atoms with Crippen LogP contribution in [-0.4, -0.2) is 5.75 Å². The number of hydrogen-bond donors (Lipinski definition) is 1. The first-order chi connectivity index (χ1) is 9.78. The zero-order chi connectivity index (χ0) is 13.9. The van der Waals surface area contributed by atoms with E-state index in [0.29, 0.717) is 5.56 Å². The maximum atomic E-state index is 9.22. The molecule has 0 radical (unpaired) electrons.